The third kappa shape index (κ3) is 9.79. The van der Waals surface area contributed by atoms with Gasteiger partial charge in [0.1, 0.15) is 11.4 Å². The first-order valence-corrected chi connectivity index (χ1v) is 9.00. The van der Waals surface area contributed by atoms with Crippen molar-refractivity contribution < 1.29 is 18.7 Å². The van der Waals surface area contributed by atoms with E-state index < -0.39 is 11.7 Å². The van der Waals surface area contributed by atoms with Crippen LogP contribution in [-0.4, -0.2) is 44.4 Å². The van der Waals surface area contributed by atoms with Gasteiger partial charge in [-0.3, -0.25) is 0 Å². The third-order valence-corrected chi connectivity index (χ3v) is 3.26. The highest BCUT2D eigenvalue weighted by Gasteiger charge is 2.15. The van der Waals surface area contributed by atoms with E-state index in [1.165, 1.54) is 13.2 Å². The molecule has 0 radical (unpaired) electrons. The molecule has 1 amide bonds. The Labute approximate surface area is 160 Å². The minimum Gasteiger partial charge on any atom is -0.444 e. The highest BCUT2D eigenvalue weighted by atomic mass is 19.1. The highest BCUT2D eigenvalue weighted by Crippen LogP contribution is 2.12. The van der Waals surface area contributed by atoms with E-state index in [1.54, 1.807) is 12.1 Å². The van der Waals surface area contributed by atoms with Gasteiger partial charge >= 0.3 is 6.09 Å². The lowest BCUT2D eigenvalue weighted by molar-refractivity contribution is 0.0529. The van der Waals surface area contributed by atoms with E-state index >= 15 is 0 Å². The molecule has 27 heavy (non-hydrogen) atoms. The van der Waals surface area contributed by atoms with E-state index in [2.05, 4.69) is 20.9 Å². The Morgan fingerprint density at radius 2 is 1.89 bits per heavy atom. The number of nitrogens with one attached hydrogen (secondary N) is 3. The van der Waals surface area contributed by atoms with Crippen molar-refractivity contribution in [1.82, 2.24) is 16.0 Å². The van der Waals surface area contributed by atoms with Crippen LogP contribution in [0.5, 0.6) is 0 Å². The fourth-order valence-corrected chi connectivity index (χ4v) is 2.16. The van der Waals surface area contributed by atoms with Gasteiger partial charge in [0.05, 0.1) is 13.2 Å². The summed E-state index contributed by atoms with van der Waals surface area (Å²) in [6, 6.07) is 4.87. The molecule has 0 spiro atoms. The molecule has 0 aliphatic heterocycles. The zero-order valence-electron chi connectivity index (χ0n) is 16.8. The molecular weight excluding hydrogens is 351 g/mol. The average Bonchev–Trinajstić information content (AvgIpc) is 2.57. The first-order valence-electron chi connectivity index (χ1n) is 9.00. The SMILES string of the molecule is CCNC(=NCc1ccc(F)c(COC)c1)NCCNC(=O)OC(C)(C)C. The molecule has 0 fully saturated rings. The molecule has 0 unspecified atom stereocenters. The van der Waals surface area contributed by atoms with Gasteiger partial charge in [-0.05, 0) is 45.4 Å². The number of hydrogen-bond donors (Lipinski definition) is 3. The minimum absolute atomic E-state index is 0.220. The van der Waals surface area contributed by atoms with Crippen LogP contribution in [0.3, 0.4) is 0 Å². The number of nitrogens with zero attached hydrogens (tertiary/aromatic N) is 1. The maximum Gasteiger partial charge on any atom is 0.407 e. The number of hydrogen-bond acceptors (Lipinski definition) is 4. The summed E-state index contributed by atoms with van der Waals surface area (Å²) in [5, 5.41) is 8.93. The Morgan fingerprint density at radius 1 is 1.19 bits per heavy atom. The number of methoxy groups -OCH3 is 1. The molecule has 0 atom stereocenters. The zero-order chi connectivity index (χ0) is 20.3. The van der Waals surface area contributed by atoms with Crippen molar-refractivity contribution >= 4 is 12.1 Å². The summed E-state index contributed by atoms with van der Waals surface area (Å²) in [5.74, 6) is 0.323. The van der Waals surface area contributed by atoms with Gasteiger partial charge in [-0.15, -0.1) is 0 Å². The number of guanidine groups is 1. The zero-order valence-corrected chi connectivity index (χ0v) is 16.8. The van der Waals surface area contributed by atoms with E-state index in [0.717, 1.165) is 5.56 Å². The number of aliphatic imine (C=N–C) groups is 1. The van der Waals surface area contributed by atoms with E-state index in [-0.39, 0.29) is 12.4 Å². The van der Waals surface area contributed by atoms with Crippen LogP contribution in [0.15, 0.2) is 23.2 Å². The van der Waals surface area contributed by atoms with E-state index in [9.17, 15) is 9.18 Å². The first-order chi connectivity index (χ1) is 12.7. The average molecular weight is 382 g/mol. The molecule has 0 aliphatic rings. The van der Waals surface area contributed by atoms with Crippen LogP contribution in [0.1, 0.15) is 38.8 Å². The number of alkyl carbamates (subject to hydrolysis) is 1. The Morgan fingerprint density at radius 3 is 2.52 bits per heavy atom. The van der Waals surface area contributed by atoms with Gasteiger partial charge in [-0.2, -0.15) is 0 Å². The van der Waals surface area contributed by atoms with Gasteiger partial charge in [0, 0.05) is 32.3 Å². The molecule has 3 N–H and O–H groups in total. The molecule has 8 heteroatoms. The summed E-state index contributed by atoms with van der Waals surface area (Å²) in [7, 11) is 1.53. The number of carbonyl (C=O) groups is 1. The Hall–Kier alpha value is -2.35. The molecule has 0 bridgehead atoms. The molecule has 0 aromatic heterocycles. The molecule has 1 rings (SSSR count). The predicted octanol–water partition coefficient (Wildman–Crippen LogP) is 2.55. The van der Waals surface area contributed by atoms with Crippen LogP contribution in [0.4, 0.5) is 9.18 Å². The summed E-state index contributed by atoms with van der Waals surface area (Å²) in [4.78, 5) is 16.1. The molecule has 0 saturated heterocycles. The summed E-state index contributed by atoms with van der Waals surface area (Å²) in [6.45, 7) is 9.60. The molecule has 0 saturated carbocycles. The van der Waals surface area contributed by atoms with E-state index in [4.69, 9.17) is 9.47 Å². The number of ether oxygens (including phenoxy) is 2. The second-order valence-electron chi connectivity index (χ2n) is 6.91. The fourth-order valence-electron chi connectivity index (χ4n) is 2.16. The van der Waals surface area contributed by atoms with Gasteiger partial charge in [0.15, 0.2) is 5.96 Å². The van der Waals surface area contributed by atoms with E-state index in [0.29, 0.717) is 37.7 Å². The van der Waals surface area contributed by atoms with Gasteiger partial charge in [-0.1, -0.05) is 6.07 Å². The molecular formula is C19H31FN4O3. The highest BCUT2D eigenvalue weighted by molar-refractivity contribution is 5.79. The smallest absolute Gasteiger partial charge is 0.407 e. The summed E-state index contributed by atoms with van der Waals surface area (Å²) >= 11 is 0. The van der Waals surface area contributed by atoms with Crippen molar-refractivity contribution in [3.8, 4) is 0 Å². The topological polar surface area (TPSA) is 84.0 Å². The van der Waals surface area contributed by atoms with Gasteiger partial charge < -0.3 is 25.4 Å². The molecule has 1 aromatic carbocycles. The second-order valence-corrected chi connectivity index (χ2v) is 6.91. The number of rotatable bonds is 8. The summed E-state index contributed by atoms with van der Waals surface area (Å²) in [6.07, 6.45) is -0.455. The molecule has 0 aliphatic carbocycles. The van der Waals surface area contributed by atoms with Crippen molar-refractivity contribution in [3.63, 3.8) is 0 Å². The lowest BCUT2D eigenvalue weighted by Crippen LogP contribution is -2.42. The van der Waals surface area contributed by atoms with Crippen molar-refractivity contribution in [2.45, 2.75) is 46.4 Å². The van der Waals surface area contributed by atoms with Gasteiger partial charge in [-0.25, -0.2) is 14.2 Å². The van der Waals surface area contributed by atoms with Gasteiger partial charge in [0.2, 0.25) is 0 Å². The standard InChI is InChI=1S/C19H31FN4O3/c1-6-21-17(22-9-10-23-18(25)27-19(2,3)4)24-12-14-7-8-16(20)15(11-14)13-26-5/h7-8,11H,6,9-10,12-13H2,1-5H3,(H,23,25)(H2,21,22,24). The third-order valence-electron chi connectivity index (χ3n) is 3.26. The van der Waals surface area contributed by atoms with Crippen molar-refractivity contribution in [3.05, 3.63) is 35.1 Å². The normalized spacial score (nSPS) is 11.9. The van der Waals surface area contributed by atoms with Crippen molar-refractivity contribution in [1.29, 1.82) is 0 Å². The summed E-state index contributed by atoms with van der Waals surface area (Å²) < 4.78 is 23.8. The molecule has 1 aromatic rings. The monoisotopic (exact) mass is 382 g/mol. The number of amides is 1. The lowest BCUT2D eigenvalue weighted by Gasteiger charge is -2.19. The Bertz CT molecular complexity index is 630. The maximum absolute atomic E-state index is 13.7. The molecule has 0 heterocycles. The van der Waals surface area contributed by atoms with Crippen LogP contribution < -0.4 is 16.0 Å². The lowest BCUT2D eigenvalue weighted by atomic mass is 10.1. The number of carbonyl (C=O) groups excluding carboxylic acids is 1. The predicted molar refractivity (Wildman–Crippen MR) is 104 cm³/mol. The second kappa shape index (κ2) is 11.4. The van der Waals surface area contributed by atoms with Crippen LogP contribution in [0.25, 0.3) is 0 Å². The summed E-state index contributed by atoms with van der Waals surface area (Å²) in [5.41, 5.74) is 0.863. The molecule has 7 nitrogen and oxygen atoms in total. The fraction of sp³-hybridized carbons (Fsp3) is 0.579. The van der Waals surface area contributed by atoms with Crippen LogP contribution in [0.2, 0.25) is 0 Å². The minimum atomic E-state index is -0.523. The van der Waals surface area contributed by atoms with Crippen LogP contribution in [0, 0.1) is 5.82 Å². The first kappa shape index (κ1) is 22.7. The van der Waals surface area contributed by atoms with E-state index in [1.807, 2.05) is 27.7 Å². The quantitative estimate of drug-likeness (QED) is 0.366. The molecule has 152 valence electrons. The number of benzene rings is 1. The Kier molecular flexibility index (Phi) is 9.56. The number of halogens is 1. The van der Waals surface area contributed by atoms with Crippen LogP contribution in [-0.2, 0) is 22.6 Å². The van der Waals surface area contributed by atoms with Gasteiger partial charge in [0.25, 0.3) is 0 Å². The van der Waals surface area contributed by atoms with Crippen molar-refractivity contribution in [2.75, 3.05) is 26.7 Å². The Balaban J connectivity index is 2.53. The van der Waals surface area contributed by atoms with Crippen molar-refractivity contribution in [2.24, 2.45) is 4.99 Å². The largest absolute Gasteiger partial charge is 0.444 e. The maximum atomic E-state index is 13.7. The van der Waals surface area contributed by atoms with Crippen LogP contribution >= 0.6 is 0 Å².